The number of ether oxygens (including phenoxy) is 1. The zero-order chi connectivity index (χ0) is 18.5. The van der Waals surface area contributed by atoms with Gasteiger partial charge in [0.05, 0.1) is 22.8 Å². The molecule has 0 saturated carbocycles. The van der Waals surface area contributed by atoms with Crippen molar-refractivity contribution in [3.8, 4) is 5.75 Å². The molecule has 6 heteroatoms. The van der Waals surface area contributed by atoms with Crippen molar-refractivity contribution in [3.05, 3.63) is 64.1 Å². The average molecular weight is 391 g/mol. The standard InChI is InChI=1S/C20H20Cl2N2O2/c1-26-18-8-3-2-7-17(18)23-11-13-24(14-12-23)19(25)10-9-15-5-4-6-16(21)20(15)22/h2-10H,11-14H2,1H3/b10-9+. The van der Waals surface area contributed by atoms with Crippen molar-refractivity contribution >= 4 is 40.9 Å². The lowest BCUT2D eigenvalue weighted by molar-refractivity contribution is -0.126. The van der Waals surface area contributed by atoms with Crippen LogP contribution in [0.25, 0.3) is 6.08 Å². The van der Waals surface area contributed by atoms with E-state index in [1.54, 1.807) is 25.3 Å². The maximum atomic E-state index is 12.5. The molecule has 0 unspecified atom stereocenters. The monoisotopic (exact) mass is 390 g/mol. The van der Waals surface area contributed by atoms with Gasteiger partial charge in [-0.2, -0.15) is 0 Å². The molecule has 0 N–H and O–H groups in total. The van der Waals surface area contributed by atoms with Gasteiger partial charge in [0, 0.05) is 32.3 Å². The second-order valence-corrected chi connectivity index (χ2v) is 6.75. The average Bonchev–Trinajstić information content (AvgIpc) is 2.69. The van der Waals surface area contributed by atoms with Gasteiger partial charge in [0.2, 0.25) is 5.91 Å². The van der Waals surface area contributed by atoms with E-state index < -0.39 is 0 Å². The minimum Gasteiger partial charge on any atom is -0.495 e. The molecule has 1 fully saturated rings. The van der Waals surface area contributed by atoms with Crippen LogP contribution in [0.5, 0.6) is 5.75 Å². The Bertz CT molecular complexity index is 815. The third-order valence-corrected chi connectivity index (χ3v) is 5.24. The Hall–Kier alpha value is -2.17. The largest absolute Gasteiger partial charge is 0.495 e. The van der Waals surface area contributed by atoms with Gasteiger partial charge in [0.15, 0.2) is 0 Å². The zero-order valence-electron chi connectivity index (χ0n) is 14.5. The van der Waals surface area contributed by atoms with Crippen LogP contribution in [0.1, 0.15) is 5.56 Å². The summed E-state index contributed by atoms with van der Waals surface area (Å²) in [5.41, 5.74) is 1.79. The van der Waals surface area contributed by atoms with E-state index in [9.17, 15) is 4.79 Å². The molecule has 0 aromatic heterocycles. The Morgan fingerprint density at radius 2 is 1.77 bits per heavy atom. The topological polar surface area (TPSA) is 32.8 Å². The molecule has 1 aliphatic heterocycles. The normalized spacial score (nSPS) is 14.7. The summed E-state index contributed by atoms with van der Waals surface area (Å²) in [6.45, 7) is 2.84. The van der Waals surface area contributed by atoms with Gasteiger partial charge in [0.1, 0.15) is 5.75 Å². The third kappa shape index (κ3) is 4.14. The van der Waals surface area contributed by atoms with Gasteiger partial charge in [-0.25, -0.2) is 0 Å². The Morgan fingerprint density at radius 1 is 1.04 bits per heavy atom. The number of methoxy groups -OCH3 is 1. The Balaban J connectivity index is 1.62. The minimum atomic E-state index is -0.0271. The van der Waals surface area contributed by atoms with E-state index in [0.717, 1.165) is 30.1 Å². The lowest BCUT2D eigenvalue weighted by atomic mass is 10.2. The molecule has 1 heterocycles. The van der Waals surface area contributed by atoms with Crippen LogP contribution in [0.4, 0.5) is 5.69 Å². The molecular weight excluding hydrogens is 371 g/mol. The van der Waals surface area contributed by atoms with Crippen molar-refractivity contribution in [2.45, 2.75) is 0 Å². The van der Waals surface area contributed by atoms with Crippen molar-refractivity contribution in [1.82, 2.24) is 4.90 Å². The number of hydrogen-bond acceptors (Lipinski definition) is 3. The Labute approximate surface area is 163 Å². The molecule has 3 rings (SSSR count). The molecule has 2 aromatic carbocycles. The fraction of sp³-hybridized carbons (Fsp3) is 0.250. The fourth-order valence-corrected chi connectivity index (χ4v) is 3.35. The summed E-state index contributed by atoms with van der Waals surface area (Å²) in [7, 11) is 1.67. The van der Waals surface area contributed by atoms with Crippen LogP contribution in [0.2, 0.25) is 10.0 Å². The van der Waals surface area contributed by atoms with Crippen LogP contribution in [0.15, 0.2) is 48.5 Å². The molecule has 1 aliphatic rings. The van der Waals surface area contributed by atoms with E-state index in [1.165, 1.54) is 0 Å². The molecule has 0 aliphatic carbocycles. The van der Waals surface area contributed by atoms with Crippen LogP contribution >= 0.6 is 23.2 Å². The highest BCUT2D eigenvalue weighted by atomic mass is 35.5. The number of nitrogens with zero attached hydrogens (tertiary/aromatic N) is 2. The maximum Gasteiger partial charge on any atom is 0.246 e. The molecule has 1 saturated heterocycles. The van der Waals surface area contributed by atoms with E-state index in [0.29, 0.717) is 23.1 Å². The number of hydrogen-bond donors (Lipinski definition) is 0. The van der Waals surface area contributed by atoms with Crippen LogP contribution < -0.4 is 9.64 Å². The molecule has 26 heavy (non-hydrogen) atoms. The fourth-order valence-electron chi connectivity index (χ4n) is 2.97. The van der Waals surface area contributed by atoms with E-state index in [4.69, 9.17) is 27.9 Å². The molecule has 1 amide bonds. The van der Waals surface area contributed by atoms with Crippen molar-refractivity contribution in [2.24, 2.45) is 0 Å². The predicted octanol–water partition coefficient (Wildman–Crippen LogP) is 4.36. The first-order valence-electron chi connectivity index (χ1n) is 8.39. The summed E-state index contributed by atoms with van der Waals surface area (Å²) in [5.74, 6) is 0.823. The number of carbonyl (C=O) groups is 1. The van der Waals surface area contributed by atoms with Crippen molar-refractivity contribution in [2.75, 3.05) is 38.2 Å². The first kappa shape index (κ1) is 18.6. The molecule has 136 valence electrons. The van der Waals surface area contributed by atoms with Crippen molar-refractivity contribution in [1.29, 1.82) is 0 Å². The van der Waals surface area contributed by atoms with Crippen LogP contribution in [-0.2, 0) is 4.79 Å². The van der Waals surface area contributed by atoms with E-state index in [1.807, 2.05) is 41.3 Å². The quantitative estimate of drug-likeness (QED) is 0.726. The number of rotatable bonds is 4. The second-order valence-electron chi connectivity index (χ2n) is 5.96. The highest BCUT2D eigenvalue weighted by Crippen LogP contribution is 2.29. The minimum absolute atomic E-state index is 0.0271. The summed E-state index contributed by atoms with van der Waals surface area (Å²) in [6.07, 6.45) is 3.26. The number of para-hydroxylation sites is 2. The summed E-state index contributed by atoms with van der Waals surface area (Å²) >= 11 is 12.2. The maximum absolute atomic E-state index is 12.5. The summed E-state index contributed by atoms with van der Waals surface area (Å²) in [5, 5.41) is 0.936. The Kier molecular flexibility index (Phi) is 6.07. The lowest BCUT2D eigenvalue weighted by Crippen LogP contribution is -2.48. The second kappa shape index (κ2) is 8.47. The summed E-state index contributed by atoms with van der Waals surface area (Å²) in [6, 6.07) is 13.3. The predicted molar refractivity (Wildman–Crippen MR) is 107 cm³/mol. The number of benzene rings is 2. The number of amides is 1. The van der Waals surface area contributed by atoms with Gasteiger partial charge in [-0.05, 0) is 29.8 Å². The number of halogens is 2. The van der Waals surface area contributed by atoms with Gasteiger partial charge in [-0.1, -0.05) is 47.5 Å². The zero-order valence-corrected chi connectivity index (χ0v) is 16.0. The van der Waals surface area contributed by atoms with Gasteiger partial charge < -0.3 is 14.5 Å². The first-order valence-corrected chi connectivity index (χ1v) is 9.14. The van der Waals surface area contributed by atoms with Crippen LogP contribution in [0, 0.1) is 0 Å². The van der Waals surface area contributed by atoms with Gasteiger partial charge >= 0.3 is 0 Å². The molecule has 2 aromatic rings. The number of anilines is 1. The highest BCUT2D eigenvalue weighted by Gasteiger charge is 2.21. The summed E-state index contributed by atoms with van der Waals surface area (Å²) in [4.78, 5) is 16.5. The van der Waals surface area contributed by atoms with Crippen molar-refractivity contribution in [3.63, 3.8) is 0 Å². The SMILES string of the molecule is COc1ccccc1N1CCN(C(=O)/C=C/c2cccc(Cl)c2Cl)CC1. The molecule has 0 radical (unpaired) electrons. The van der Waals surface area contributed by atoms with E-state index in [-0.39, 0.29) is 5.91 Å². The van der Waals surface area contributed by atoms with E-state index in [2.05, 4.69) is 4.90 Å². The number of piperazine rings is 1. The van der Waals surface area contributed by atoms with E-state index >= 15 is 0 Å². The van der Waals surface area contributed by atoms with Crippen molar-refractivity contribution < 1.29 is 9.53 Å². The lowest BCUT2D eigenvalue weighted by Gasteiger charge is -2.36. The Morgan fingerprint density at radius 3 is 2.50 bits per heavy atom. The highest BCUT2D eigenvalue weighted by molar-refractivity contribution is 6.42. The first-order chi connectivity index (χ1) is 12.6. The number of carbonyl (C=O) groups excluding carboxylic acids is 1. The van der Waals surface area contributed by atoms with Gasteiger partial charge in [-0.15, -0.1) is 0 Å². The molecular formula is C20H20Cl2N2O2. The third-order valence-electron chi connectivity index (χ3n) is 4.40. The van der Waals surface area contributed by atoms with Crippen LogP contribution in [-0.4, -0.2) is 44.1 Å². The summed E-state index contributed by atoms with van der Waals surface area (Å²) < 4.78 is 5.42. The molecule has 4 nitrogen and oxygen atoms in total. The molecule has 0 atom stereocenters. The van der Waals surface area contributed by atoms with Crippen LogP contribution in [0.3, 0.4) is 0 Å². The molecule has 0 bridgehead atoms. The van der Waals surface area contributed by atoms with Gasteiger partial charge in [0.25, 0.3) is 0 Å². The molecule has 0 spiro atoms. The van der Waals surface area contributed by atoms with Gasteiger partial charge in [-0.3, -0.25) is 4.79 Å². The smallest absolute Gasteiger partial charge is 0.246 e.